The van der Waals surface area contributed by atoms with Crippen molar-refractivity contribution in [3.05, 3.63) is 65.9 Å². The van der Waals surface area contributed by atoms with Gasteiger partial charge in [-0.1, -0.05) is 18.2 Å². The molecule has 2 heterocycles. The van der Waals surface area contributed by atoms with Crippen LogP contribution in [0.2, 0.25) is 0 Å². The molecule has 0 radical (unpaired) electrons. The number of benzene rings is 2. The number of hydrogen-bond acceptors (Lipinski definition) is 5. The minimum Gasteiger partial charge on any atom is -0.491 e. The number of ketones is 1. The molecular formula is C24H27N3O4. The Morgan fingerprint density at radius 2 is 1.77 bits per heavy atom. The van der Waals surface area contributed by atoms with E-state index in [-0.39, 0.29) is 18.3 Å². The molecule has 1 aliphatic heterocycles. The number of fused-ring (bicyclic) bond motifs is 1. The van der Waals surface area contributed by atoms with Gasteiger partial charge in [-0.2, -0.15) is 0 Å². The number of carbonyl (C=O) groups is 2. The second-order valence-electron chi connectivity index (χ2n) is 7.91. The molecule has 4 rings (SSSR count). The molecule has 7 nitrogen and oxygen atoms in total. The minimum absolute atomic E-state index is 0.00809. The van der Waals surface area contributed by atoms with Gasteiger partial charge in [0.1, 0.15) is 24.2 Å². The lowest BCUT2D eigenvalue weighted by Crippen LogP contribution is -2.51. The Labute approximate surface area is 181 Å². The molecule has 0 bridgehead atoms. The Hall–Kier alpha value is -3.16. The fourth-order valence-corrected chi connectivity index (χ4v) is 3.82. The number of hydrogen-bond donors (Lipinski definition) is 2. The highest BCUT2D eigenvalue weighted by atomic mass is 16.5. The van der Waals surface area contributed by atoms with Crippen LogP contribution >= 0.6 is 0 Å². The molecule has 1 aliphatic rings. The topological polar surface area (TPSA) is 85.9 Å². The summed E-state index contributed by atoms with van der Waals surface area (Å²) in [5.41, 5.74) is 2.20. The highest BCUT2D eigenvalue weighted by Gasteiger charge is 2.24. The predicted molar refractivity (Wildman–Crippen MR) is 119 cm³/mol. The molecule has 7 heteroatoms. The van der Waals surface area contributed by atoms with Gasteiger partial charge in [0.2, 0.25) is 0 Å². The van der Waals surface area contributed by atoms with E-state index < -0.39 is 6.10 Å². The van der Waals surface area contributed by atoms with Crippen molar-refractivity contribution in [2.24, 2.45) is 0 Å². The van der Waals surface area contributed by atoms with Crippen molar-refractivity contribution in [1.82, 2.24) is 14.8 Å². The molecule has 1 amide bonds. The van der Waals surface area contributed by atoms with Crippen LogP contribution in [0.1, 0.15) is 27.8 Å². The molecular weight excluding hydrogens is 394 g/mol. The van der Waals surface area contributed by atoms with Gasteiger partial charge >= 0.3 is 0 Å². The van der Waals surface area contributed by atoms with Crippen LogP contribution < -0.4 is 4.74 Å². The van der Waals surface area contributed by atoms with Crippen LogP contribution in [0.25, 0.3) is 10.9 Å². The first-order valence-corrected chi connectivity index (χ1v) is 10.5. The highest BCUT2D eigenvalue weighted by molar-refractivity contribution is 5.98. The summed E-state index contributed by atoms with van der Waals surface area (Å²) >= 11 is 0. The van der Waals surface area contributed by atoms with E-state index in [1.54, 1.807) is 24.3 Å². The van der Waals surface area contributed by atoms with Crippen LogP contribution in [0.4, 0.5) is 0 Å². The fraction of sp³-hybridized carbons (Fsp3) is 0.333. The van der Waals surface area contributed by atoms with Crippen molar-refractivity contribution in [3.63, 3.8) is 0 Å². The third-order valence-electron chi connectivity index (χ3n) is 5.59. The lowest BCUT2D eigenvalue weighted by molar-refractivity contribution is 0.0401. The molecule has 0 saturated carbocycles. The number of aliphatic hydroxyl groups excluding tert-OH is 1. The van der Waals surface area contributed by atoms with E-state index in [9.17, 15) is 14.7 Å². The number of ether oxygens (including phenoxy) is 1. The van der Waals surface area contributed by atoms with Gasteiger partial charge in [-0.3, -0.25) is 14.5 Å². The second kappa shape index (κ2) is 9.32. The van der Waals surface area contributed by atoms with Crippen molar-refractivity contribution >= 4 is 22.6 Å². The maximum Gasteiger partial charge on any atom is 0.270 e. The Morgan fingerprint density at radius 1 is 1.06 bits per heavy atom. The summed E-state index contributed by atoms with van der Waals surface area (Å²) in [6.07, 6.45) is -0.636. The van der Waals surface area contributed by atoms with E-state index in [1.165, 1.54) is 6.92 Å². The number of para-hydroxylation sites is 1. The van der Waals surface area contributed by atoms with Crippen LogP contribution in [0.3, 0.4) is 0 Å². The molecule has 31 heavy (non-hydrogen) atoms. The zero-order valence-corrected chi connectivity index (χ0v) is 17.6. The minimum atomic E-state index is -0.636. The van der Waals surface area contributed by atoms with Gasteiger partial charge < -0.3 is 19.7 Å². The summed E-state index contributed by atoms with van der Waals surface area (Å²) in [6, 6.07) is 16.7. The molecule has 2 N–H and O–H groups in total. The van der Waals surface area contributed by atoms with Gasteiger partial charge in [0.15, 0.2) is 5.78 Å². The number of nitrogens with one attached hydrogen (secondary N) is 1. The number of rotatable bonds is 7. The van der Waals surface area contributed by atoms with E-state index in [0.717, 1.165) is 10.9 Å². The van der Waals surface area contributed by atoms with Gasteiger partial charge in [0, 0.05) is 49.2 Å². The Bertz CT molecular complexity index is 1020. The van der Waals surface area contributed by atoms with Crippen LogP contribution in [0.5, 0.6) is 5.75 Å². The van der Waals surface area contributed by atoms with E-state index in [2.05, 4.69) is 9.88 Å². The first-order valence-electron chi connectivity index (χ1n) is 10.5. The van der Waals surface area contributed by atoms with Crippen LogP contribution in [0.15, 0.2) is 54.6 Å². The normalized spacial score (nSPS) is 15.7. The van der Waals surface area contributed by atoms with Crippen molar-refractivity contribution in [2.45, 2.75) is 13.0 Å². The van der Waals surface area contributed by atoms with E-state index >= 15 is 0 Å². The zero-order chi connectivity index (χ0) is 21.8. The standard InChI is InChI=1S/C24H27N3O4/c1-17(28)18-6-8-21(9-7-18)31-16-20(29)15-26-10-12-27(13-11-26)24(30)23-14-19-4-2-3-5-22(19)25-23/h2-9,14,20,25,29H,10-13,15-16H2,1H3. The largest absolute Gasteiger partial charge is 0.491 e. The van der Waals surface area contributed by atoms with Crippen LogP contribution in [0, 0.1) is 0 Å². The number of aliphatic hydroxyl groups is 1. The smallest absolute Gasteiger partial charge is 0.270 e. The maximum atomic E-state index is 12.8. The monoisotopic (exact) mass is 421 g/mol. The molecule has 3 aromatic rings. The molecule has 0 spiro atoms. The Balaban J connectivity index is 1.23. The number of β-amino-alcohol motifs (C(OH)–C–C–N with tert-alkyl or cyclic N) is 1. The van der Waals surface area contributed by atoms with Crippen molar-refractivity contribution in [3.8, 4) is 5.75 Å². The van der Waals surface area contributed by atoms with Crippen molar-refractivity contribution in [2.75, 3.05) is 39.3 Å². The van der Waals surface area contributed by atoms with E-state index in [4.69, 9.17) is 4.74 Å². The molecule has 1 aromatic heterocycles. The Morgan fingerprint density at radius 3 is 2.45 bits per heavy atom. The molecule has 1 atom stereocenters. The number of carbonyl (C=O) groups excluding carboxylic acids is 2. The number of nitrogens with zero attached hydrogens (tertiary/aromatic N) is 2. The number of piperazine rings is 1. The number of aromatic amines is 1. The fourth-order valence-electron chi connectivity index (χ4n) is 3.82. The summed E-state index contributed by atoms with van der Waals surface area (Å²) in [4.78, 5) is 31.3. The average molecular weight is 421 g/mol. The van der Waals surface area contributed by atoms with Crippen LogP contribution in [-0.2, 0) is 0 Å². The van der Waals surface area contributed by atoms with Crippen molar-refractivity contribution in [1.29, 1.82) is 0 Å². The quantitative estimate of drug-likeness (QED) is 0.573. The first kappa shape index (κ1) is 21.1. The van der Waals surface area contributed by atoms with Crippen molar-refractivity contribution < 1.29 is 19.4 Å². The Kier molecular flexibility index (Phi) is 6.34. The summed E-state index contributed by atoms with van der Waals surface area (Å²) in [7, 11) is 0. The molecule has 1 unspecified atom stereocenters. The molecule has 2 aromatic carbocycles. The summed E-state index contributed by atoms with van der Waals surface area (Å²) < 4.78 is 5.63. The molecule has 1 fully saturated rings. The first-order chi connectivity index (χ1) is 15.0. The summed E-state index contributed by atoms with van der Waals surface area (Å²) in [5.74, 6) is 0.639. The molecule has 162 valence electrons. The average Bonchev–Trinajstić information content (AvgIpc) is 3.22. The van der Waals surface area contributed by atoms with Gasteiger partial charge in [0.25, 0.3) is 5.91 Å². The number of H-pyrrole nitrogens is 1. The maximum absolute atomic E-state index is 12.8. The van der Waals surface area contributed by atoms with Crippen LogP contribution in [-0.4, -0.2) is 77.0 Å². The van der Waals surface area contributed by atoms with Gasteiger partial charge in [-0.15, -0.1) is 0 Å². The summed E-state index contributed by atoms with van der Waals surface area (Å²) in [5, 5.41) is 11.4. The highest BCUT2D eigenvalue weighted by Crippen LogP contribution is 2.17. The number of Topliss-reactive ketones (excluding diaryl/α,β-unsaturated/α-hetero) is 1. The predicted octanol–water partition coefficient (Wildman–Crippen LogP) is 2.57. The number of amides is 1. The third-order valence-corrected chi connectivity index (χ3v) is 5.59. The number of aromatic nitrogens is 1. The van der Waals surface area contributed by atoms with E-state index in [0.29, 0.717) is 49.7 Å². The summed E-state index contributed by atoms with van der Waals surface area (Å²) in [6.45, 7) is 4.83. The van der Waals surface area contributed by atoms with Gasteiger partial charge in [0.05, 0.1) is 0 Å². The lowest BCUT2D eigenvalue weighted by atomic mass is 10.1. The molecule has 0 aliphatic carbocycles. The second-order valence-corrected chi connectivity index (χ2v) is 7.91. The lowest BCUT2D eigenvalue weighted by Gasteiger charge is -2.35. The third kappa shape index (κ3) is 5.13. The SMILES string of the molecule is CC(=O)c1ccc(OCC(O)CN2CCN(C(=O)c3cc4ccccc4[nH]3)CC2)cc1. The molecule has 1 saturated heterocycles. The van der Waals surface area contributed by atoms with Gasteiger partial charge in [-0.05, 0) is 43.3 Å². The van der Waals surface area contributed by atoms with Gasteiger partial charge in [-0.25, -0.2) is 0 Å². The van der Waals surface area contributed by atoms with E-state index in [1.807, 2.05) is 35.2 Å². The zero-order valence-electron chi connectivity index (χ0n) is 17.6.